The van der Waals surface area contributed by atoms with Gasteiger partial charge in [0.1, 0.15) is 23.9 Å². The third-order valence-electron chi connectivity index (χ3n) is 3.90. The molecule has 0 aliphatic heterocycles. The van der Waals surface area contributed by atoms with Gasteiger partial charge in [0, 0.05) is 12.1 Å². The summed E-state index contributed by atoms with van der Waals surface area (Å²) >= 11 is 0. The number of carbonyl (C=O) groups excluding carboxylic acids is 1. The molecular formula is C17H17N5O. The molecule has 1 heterocycles. The number of anilines is 2. The average Bonchev–Trinajstić information content (AvgIpc) is 3.08. The molecule has 0 atom stereocenters. The van der Waals surface area contributed by atoms with Crippen LogP contribution in [0.25, 0.3) is 0 Å². The summed E-state index contributed by atoms with van der Waals surface area (Å²) in [5.74, 6) is 0.301. The number of para-hydroxylation sites is 1. The fourth-order valence-corrected chi connectivity index (χ4v) is 2.71. The van der Waals surface area contributed by atoms with Gasteiger partial charge in [0.15, 0.2) is 0 Å². The van der Waals surface area contributed by atoms with E-state index in [1.165, 1.54) is 6.33 Å². The fourth-order valence-electron chi connectivity index (χ4n) is 2.71. The Morgan fingerprint density at radius 3 is 2.78 bits per heavy atom. The molecule has 1 amide bonds. The molecule has 23 heavy (non-hydrogen) atoms. The van der Waals surface area contributed by atoms with Crippen LogP contribution in [-0.2, 0) is 0 Å². The van der Waals surface area contributed by atoms with E-state index in [4.69, 9.17) is 5.26 Å². The minimum absolute atomic E-state index is 0.184. The molecule has 1 aliphatic rings. The van der Waals surface area contributed by atoms with Crippen LogP contribution in [0.15, 0.2) is 36.7 Å². The van der Waals surface area contributed by atoms with Gasteiger partial charge >= 0.3 is 0 Å². The lowest BCUT2D eigenvalue weighted by Gasteiger charge is -2.12. The summed E-state index contributed by atoms with van der Waals surface area (Å²) in [7, 11) is 0. The Labute approximate surface area is 134 Å². The van der Waals surface area contributed by atoms with Crippen LogP contribution in [0.1, 0.15) is 41.7 Å². The number of hydrogen-bond donors (Lipinski definition) is 2. The number of benzene rings is 1. The van der Waals surface area contributed by atoms with Gasteiger partial charge in [-0.3, -0.25) is 4.79 Å². The lowest BCUT2D eigenvalue weighted by Crippen LogP contribution is -2.33. The van der Waals surface area contributed by atoms with Crippen LogP contribution in [0.5, 0.6) is 0 Å². The van der Waals surface area contributed by atoms with Crippen LogP contribution in [0.4, 0.5) is 11.5 Å². The van der Waals surface area contributed by atoms with E-state index >= 15 is 0 Å². The molecule has 0 radical (unpaired) electrons. The molecule has 1 saturated carbocycles. The summed E-state index contributed by atoms with van der Waals surface area (Å²) in [5, 5.41) is 15.2. The molecule has 1 fully saturated rings. The van der Waals surface area contributed by atoms with Crippen LogP contribution in [0, 0.1) is 11.3 Å². The van der Waals surface area contributed by atoms with Crippen LogP contribution in [-0.4, -0.2) is 21.9 Å². The molecular weight excluding hydrogens is 290 g/mol. The highest BCUT2D eigenvalue weighted by Crippen LogP contribution is 2.20. The van der Waals surface area contributed by atoms with E-state index in [0.29, 0.717) is 22.8 Å². The zero-order valence-corrected chi connectivity index (χ0v) is 12.6. The zero-order valence-electron chi connectivity index (χ0n) is 12.6. The number of amides is 1. The third kappa shape index (κ3) is 3.64. The molecule has 0 saturated heterocycles. The molecule has 2 aromatic rings. The lowest BCUT2D eigenvalue weighted by atomic mass is 10.2. The van der Waals surface area contributed by atoms with E-state index in [-0.39, 0.29) is 11.9 Å². The van der Waals surface area contributed by atoms with Gasteiger partial charge in [0.25, 0.3) is 5.91 Å². The SMILES string of the molecule is N#Cc1ccccc1Nc1cc(C(=O)NC2CCCC2)ncn1. The number of hydrogen-bond acceptors (Lipinski definition) is 5. The number of nitrogens with one attached hydrogen (secondary N) is 2. The van der Waals surface area contributed by atoms with E-state index in [1.54, 1.807) is 24.3 Å². The zero-order chi connectivity index (χ0) is 16.1. The van der Waals surface area contributed by atoms with Gasteiger partial charge in [0.2, 0.25) is 0 Å². The second kappa shape index (κ2) is 6.88. The molecule has 0 unspecified atom stereocenters. The Bertz CT molecular complexity index is 747. The van der Waals surface area contributed by atoms with E-state index < -0.39 is 0 Å². The largest absolute Gasteiger partial charge is 0.348 e. The van der Waals surface area contributed by atoms with Gasteiger partial charge in [-0.15, -0.1) is 0 Å². The Balaban J connectivity index is 1.74. The quantitative estimate of drug-likeness (QED) is 0.906. The molecule has 1 aromatic carbocycles. The van der Waals surface area contributed by atoms with E-state index in [0.717, 1.165) is 25.7 Å². The Morgan fingerprint density at radius 1 is 1.22 bits per heavy atom. The Hall–Kier alpha value is -2.94. The monoisotopic (exact) mass is 307 g/mol. The summed E-state index contributed by atoms with van der Waals surface area (Å²) < 4.78 is 0. The first-order chi connectivity index (χ1) is 11.3. The highest BCUT2D eigenvalue weighted by Gasteiger charge is 2.19. The molecule has 1 aliphatic carbocycles. The molecule has 3 rings (SSSR count). The van der Waals surface area contributed by atoms with Crippen LogP contribution >= 0.6 is 0 Å². The van der Waals surface area contributed by atoms with Crippen molar-refractivity contribution in [3.05, 3.63) is 47.9 Å². The summed E-state index contributed by atoms with van der Waals surface area (Å²) in [5.41, 5.74) is 1.49. The molecule has 6 nitrogen and oxygen atoms in total. The second-order valence-corrected chi connectivity index (χ2v) is 5.53. The summed E-state index contributed by atoms with van der Waals surface area (Å²) in [6.07, 6.45) is 5.72. The minimum Gasteiger partial charge on any atom is -0.348 e. The van der Waals surface area contributed by atoms with E-state index in [2.05, 4.69) is 26.7 Å². The van der Waals surface area contributed by atoms with Crippen molar-refractivity contribution >= 4 is 17.4 Å². The topological polar surface area (TPSA) is 90.7 Å². The normalized spacial score (nSPS) is 14.2. The van der Waals surface area contributed by atoms with Crippen molar-refractivity contribution in [3.63, 3.8) is 0 Å². The first-order valence-electron chi connectivity index (χ1n) is 7.65. The van der Waals surface area contributed by atoms with E-state index in [1.807, 2.05) is 6.07 Å². The summed E-state index contributed by atoms with van der Waals surface area (Å²) in [6, 6.07) is 11.1. The van der Waals surface area contributed by atoms with Gasteiger partial charge in [-0.05, 0) is 25.0 Å². The molecule has 0 spiro atoms. The second-order valence-electron chi connectivity index (χ2n) is 5.53. The standard InChI is InChI=1S/C17H17N5O/c18-10-12-5-1-4-8-14(12)22-16-9-15(19-11-20-16)17(23)21-13-6-2-3-7-13/h1,4-5,8-9,11,13H,2-3,6-7H2,(H,21,23)(H,19,20,22). The van der Waals surface area contributed by atoms with Gasteiger partial charge < -0.3 is 10.6 Å². The van der Waals surface area contributed by atoms with Gasteiger partial charge in [-0.1, -0.05) is 25.0 Å². The van der Waals surface area contributed by atoms with Crippen molar-refractivity contribution in [2.24, 2.45) is 0 Å². The van der Waals surface area contributed by atoms with Crippen molar-refractivity contribution in [1.29, 1.82) is 5.26 Å². The van der Waals surface area contributed by atoms with Crippen LogP contribution in [0.3, 0.4) is 0 Å². The van der Waals surface area contributed by atoms with Crippen LogP contribution in [0.2, 0.25) is 0 Å². The predicted molar refractivity (Wildman–Crippen MR) is 86.2 cm³/mol. The lowest BCUT2D eigenvalue weighted by molar-refractivity contribution is 0.0932. The van der Waals surface area contributed by atoms with E-state index in [9.17, 15) is 4.79 Å². The van der Waals surface area contributed by atoms with Crippen LogP contribution < -0.4 is 10.6 Å². The van der Waals surface area contributed by atoms with Crippen molar-refractivity contribution in [3.8, 4) is 6.07 Å². The molecule has 0 bridgehead atoms. The van der Waals surface area contributed by atoms with Crippen molar-refractivity contribution in [2.75, 3.05) is 5.32 Å². The van der Waals surface area contributed by atoms with Crippen molar-refractivity contribution in [2.45, 2.75) is 31.7 Å². The highest BCUT2D eigenvalue weighted by molar-refractivity contribution is 5.93. The first kappa shape index (κ1) is 15.0. The number of carbonyl (C=O) groups is 1. The number of nitriles is 1. The highest BCUT2D eigenvalue weighted by atomic mass is 16.1. The minimum atomic E-state index is -0.184. The summed E-state index contributed by atoms with van der Waals surface area (Å²) in [6.45, 7) is 0. The Kier molecular flexibility index (Phi) is 4.48. The van der Waals surface area contributed by atoms with Gasteiger partial charge in [-0.25, -0.2) is 9.97 Å². The number of rotatable bonds is 4. The fraction of sp³-hybridized carbons (Fsp3) is 0.294. The number of aromatic nitrogens is 2. The number of nitrogens with zero attached hydrogens (tertiary/aromatic N) is 3. The van der Waals surface area contributed by atoms with Crippen molar-refractivity contribution in [1.82, 2.24) is 15.3 Å². The molecule has 1 aromatic heterocycles. The molecule has 6 heteroatoms. The van der Waals surface area contributed by atoms with Crippen molar-refractivity contribution < 1.29 is 4.79 Å². The maximum Gasteiger partial charge on any atom is 0.270 e. The molecule has 116 valence electrons. The smallest absolute Gasteiger partial charge is 0.270 e. The maximum absolute atomic E-state index is 12.2. The molecule has 2 N–H and O–H groups in total. The summed E-state index contributed by atoms with van der Waals surface area (Å²) in [4.78, 5) is 20.4. The van der Waals surface area contributed by atoms with Gasteiger partial charge in [-0.2, -0.15) is 5.26 Å². The predicted octanol–water partition coefficient (Wildman–Crippen LogP) is 2.76. The van der Waals surface area contributed by atoms with Gasteiger partial charge in [0.05, 0.1) is 11.3 Å². The third-order valence-corrected chi connectivity index (χ3v) is 3.90. The Morgan fingerprint density at radius 2 is 2.00 bits per heavy atom. The average molecular weight is 307 g/mol. The first-order valence-corrected chi connectivity index (χ1v) is 7.65. The maximum atomic E-state index is 12.2.